The molecule has 0 amide bonds. The van der Waals surface area contributed by atoms with E-state index in [1.807, 2.05) is 6.07 Å². The molecule has 94 valence electrons. The van der Waals surface area contributed by atoms with Gasteiger partial charge in [0, 0.05) is 28.2 Å². The first-order valence-electron chi connectivity index (χ1n) is 6.20. The predicted molar refractivity (Wildman–Crippen MR) is 78.9 cm³/mol. The minimum absolute atomic E-state index is 0.624. The second-order valence-corrected chi connectivity index (χ2v) is 6.69. The summed E-state index contributed by atoms with van der Waals surface area (Å²) < 4.78 is 1.16. The highest BCUT2D eigenvalue weighted by atomic mass is 79.9. The van der Waals surface area contributed by atoms with Crippen LogP contribution in [0.25, 0.3) is 0 Å². The van der Waals surface area contributed by atoms with E-state index >= 15 is 0 Å². The third-order valence-corrected chi connectivity index (χ3v) is 5.09. The molecule has 0 atom stereocenters. The third kappa shape index (κ3) is 2.51. The summed E-state index contributed by atoms with van der Waals surface area (Å²) in [7, 11) is 0. The number of hydrogen-bond donors (Lipinski definition) is 1. The predicted octanol–water partition coefficient (Wildman–Crippen LogP) is 3.83. The number of hydrogen-bond acceptors (Lipinski definition) is 3. The van der Waals surface area contributed by atoms with Crippen molar-refractivity contribution < 1.29 is 0 Å². The van der Waals surface area contributed by atoms with E-state index in [0.717, 1.165) is 10.9 Å². The van der Waals surface area contributed by atoms with Crippen LogP contribution in [0, 0.1) is 0 Å². The molecule has 0 saturated heterocycles. The van der Waals surface area contributed by atoms with Crippen LogP contribution in [-0.2, 0) is 13.0 Å². The van der Waals surface area contributed by atoms with Crippen LogP contribution in [0.2, 0.25) is 0 Å². The zero-order valence-electron chi connectivity index (χ0n) is 10.0. The van der Waals surface area contributed by atoms with Crippen molar-refractivity contribution in [1.82, 2.24) is 4.98 Å². The number of thiazole rings is 1. The molecule has 2 aromatic rings. The van der Waals surface area contributed by atoms with Crippen molar-refractivity contribution in [2.75, 3.05) is 0 Å². The molecule has 2 nitrogen and oxygen atoms in total. The van der Waals surface area contributed by atoms with Crippen molar-refractivity contribution in [2.45, 2.75) is 31.7 Å². The first-order valence-corrected chi connectivity index (χ1v) is 7.81. The van der Waals surface area contributed by atoms with Crippen LogP contribution in [0.15, 0.2) is 28.7 Å². The molecule has 0 unspecified atom stereocenters. The Morgan fingerprint density at radius 1 is 1.33 bits per heavy atom. The summed E-state index contributed by atoms with van der Waals surface area (Å²) >= 11 is 5.36. The zero-order valence-corrected chi connectivity index (χ0v) is 12.4. The van der Waals surface area contributed by atoms with Crippen LogP contribution in [0.4, 0.5) is 0 Å². The Labute approximate surface area is 119 Å². The van der Waals surface area contributed by atoms with E-state index in [2.05, 4.69) is 34.1 Å². The lowest BCUT2D eigenvalue weighted by Gasteiger charge is -2.00. The summed E-state index contributed by atoms with van der Waals surface area (Å²) in [4.78, 5) is 6.07. The van der Waals surface area contributed by atoms with Crippen LogP contribution in [0.3, 0.4) is 0 Å². The summed E-state index contributed by atoms with van der Waals surface area (Å²) in [6.45, 7) is 0.624. The van der Waals surface area contributed by atoms with Gasteiger partial charge in [-0.05, 0) is 24.5 Å². The van der Waals surface area contributed by atoms with E-state index in [0.29, 0.717) is 12.5 Å². The Morgan fingerprint density at radius 2 is 2.11 bits per heavy atom. The smallest absolute Gasteiger partial charge is 0.0975 e. The largest absolute Gasteiger partial charge is 0.326 e. The van der Waals surface area contributed by atoms with E-state index in [1.165, 1.54) is 34.0 Å². The Morgan fingerprint density at radius 3 is 2.78 bits per heavy atom. The number of rotatable bonds is 4. The lowest BCUT2D eigenvalue weighted by atomic mass is 10.2. The van der Waals surface area contributed by atoms with Gasteiger partial charge in [-0.15, -0.1) is 11.3 Å². The Hall–Kier alpha value is -0.710. The molecule has 0 bridgehead atoms. The van der Waals surface area contributed by atoms with Crippen molar-refractivity contribution in [1.29, 1.82) is 0 Å². The first-order chi connectivity index (χ1) is 8.78. The van der Waals surface area contributed by atoms with Gasteiger partial charge in [0.05, 0.1) is 10.7 Å². The second-order valence-electron chi connectivity index (χ2n) is 4.66. The Balaban J connectivity index is 1.86. The topological polar surface area (TPSA) is 38.9 Å². The first kappa shape index (κ1) is 12.3. The fourth-order valence-electron chi connectivity index (χ4n) is 2.12. The highest BCUT2D eigenvalue weighted by Gasteiger charge is 2.29. The van der Waals surface area contributed by atoms with Gasteiger partial charge < -0.3 is 5.73 Å². The lowest BCUT2D eigenvalue weighted by molar-refractivity contribution is 0.958. The highest BCUT2D eigenvalue weighted by molar-refractivity contribution is 9.10. The van der Waals surface area contributed by atoms with Gasteiger partial charge >= 0.3 is 0 Å². The van der Waals surface area contributed by atoms with Gasteiger partial charge in [-0.2, -0.15) is 0 Å². The van der Waals surface area contributed by atoms with Gasteiger partial charge in [0.15, 0.2) is 0 Å². The lowest BCUT2D eigenvalue weighted by Crippen LogP contribution is -1.97. The molecule has 0 spiro atoms. The van der Waals surface area contributed by atoms with Crippen LogP contribution in [-0.4, -0.2) is 4.98 Å². The summed E-state index contributed by atoms with van der Waals surface area (Å²) in [6, 6.07) is 8.33. The quantitative estimate of drug-likeness (QED) is 0.929. The van der Waals surface area contributed by atoms with Crippen molar-refractivity contribution in [3.05, 3.63) is 49.9 Å². The number of halogens is 1. The monoisotopic (exact) mass is 322 g/mol. The van der Waals surface area contributed by atoms with Crippen molar-refractivity contribution in [3.63, 3.8) is 0 Å². The van der Waals surface area contributed by atoms with Crippen LogP contribution in [0.5, 0.6) is 0 Å². The van der Waals surface area contributed by atoms with E-state index in [1.54, 1.807) is 11.3 Å². The normalized spacial score (nSPS) is 15.0. The van der Waals surface area contributed by atoms with Gasteiger partial charge in [-0.25, -0.2) is 4.98 Å². The van der Waals surface area contributed by atoms with E-state index < -0.39 is 0 Å². The number of nitrogens with zero attached hydrogens (tertiary/aromatic N) is 1. The van der Waals surface area contributed by atoms with E-state index in [9.17, 15) is 0 Å². The molecular formula is C14H15BrN2S. The van der Waals surface area contributed by atoms with Gasteiger partial charge in [-0.3, -0.25) is 0 Å². The maximum absolute atomic E-state index is 5.81. The molecule has 1 aromatic heterocycles. The van der Waals surface area contributed by atoms with Crippen molar-refractivity contribution >= 4 is 27.3 Å². The summed E-state index contributed by atoms with van der Waals surface area (Å²) in [5.41, 5.74) is 8.37. The maximum Gasteiger partial charge on any atom is 0.0975 e. The molecule has 0 radical (unpaired) electrons. The molecule has 18 heavy (non-hydrogen) atoms. The highest BCUT2D eigenvalue weighted by Crippen LogP contribution is 2.42. The molecule has 1 heterocycles. The summed E-state index contributed by atoms with van der Waals surface area (Å²) in [5, 5.41) is 1.18. The summed E-state index contributed by atoms with van der Waals surface area (Å²) in [5.74, 6) is 0.688. The molecule has 2 N–H and O–H groups in total. The molecule has 1 aromatic carbocycles. The number of aromatic nitrogens is 1. The molecule has 3 rings (SSSR count). The van der Waals surface area contributed by atoms with Gasteiger partial charge in [0.25, 0.3) is 0 Å². The van der Waals surface area contributed by atoms with Crippen LogP contribution < -0.4 is 5.73 Å². The number of benzene rings is 1. The molecule has 1 fully saturated rings. The minimum Gasteiger partial charge on any atom is -0.326 e. The van der Waals surface area contributed by atoms with E-state index in [-0.39, 0.29) is 0 Å². The molecule has 0 aliphatic heterocycles. The van der Waals surface area contributed by atoms with Crippen LogP contribution in [0.1, 0.15) is 39.9 Å². The molecule has 1 aliphatic rings. The number of nitrogens with two attached hydrogens (primary N) is 1. The standard InChI is InChI=1S/C14H15BrN2S/c15-11-4-2-1-3-10(11)7-13-17-14(9-5-6-9)12(8-16)18-13/h1-4,9H,5-8,16H2. The fourth-order valence-corrected chi connectivity index (χ4v) is 3.60. The van der Waals surface area contributed by atoms with E-state index in [4.69, 9.17) is 10.7 Å². The van der Waals surface area contributed by atoms with Crippen molar-refractivity contribution in [2.24, 2.45) is 5.73 Å². The SMILES string of the molecule is NCc1sc(Cc2ccccc2Br)nc1C1CC1. The average Bonchev–Trinajstić information content (AvgIpc) is 3.14. The van der Waals surface area contributed by atoms with Gasteiger partial charge in [-0.1, -0.05) is 34.1 Å². The third-order valence-electron chi connectivity index (χ3n) is 3.22. The van der Waals surface area contributed by atoms with Gasteiger partial charge in [0.1, 0.15) is 0 Å². The second kappa shape index (κ2) is 5.11. The molecular weight excluding hydrogens is 308 g/mol. The minimum atomic E-state index is 0.624. The fraction of sp³-hybridized carbons (Fsp3) is 0.357. The molecule has 4 heteroatoms. The Kier molecular flexibility index (Phi) is 3.50. The van der Waals surface area contributed by atoms with Gasteiger partial charge in [0.2, 0.25) is 0 Å². The molecule has 1 aliphatic carbocycles. The average molecular weight is 323 g/mol. The Bertz CT molecular complexity index is 561. The zero-order chi connectivity index (χ0) is 12.5. The van der Waals surface area contributed by atoms with Crippen molar-refractivity contribution in [3.8, 4) is 0 Å². The molecule has 1 saturated carbocycles. The maximum atomic E-state index is 5.81. The summed E-state index contributed by atoms with van der Waals surface area (Å²) in [6.07, 6.45) is 3.46. The van der Waals surface area contributed by atoms with Crippen LogP contribution >= 0.6 is 27.3 Å².